The zero-order chi connectivity index (χ0) is 23.7. The fraction of sp³-hybridized carbons (Fsp3) is 0.321. The van der Waals surface area contributed by atoms with E-state index in [0.29, 0.717) is 0 Å². The number of benzene rings is 2. The van der Waals surface area contributed by atoms with E-state index in [9.17, 15) is 4.79 Å². The van der Waals surface area contributed by atoms with Gasteiger partial charge in [0.1, 0.15) is 5.82 Å². The molecule has 0 saturated carbocycles. The predicted octanol–water partition coefficient (Wildman–Crippen LogP) is 5.43. The van der Waals surface area contributed by atoms with Crippen LogP contribution >= 0.6 is 0 Å². The summed E-state index contributed by atoms with van der Waals surface area (Å²) in [6.45, 7) is 7.86. The number of piperidine rings is 1. The summed E-state index contributed by atoms with van der Waals surface area (Å²) in [5.74, 6) is 1.16. The molecule has 2 aromatic carbocycles. The van der Waals surface area contributed by atoms with E-state index in [1.807, 2.05) is 29.6 Å². The highest BCUT2D eigenvalue weighted by Crippen LogP contribution is 2.28. The number of nitrogens with one attached hydrogen (secondary N) is 1. The van der Waals surface area contributed by atoms with Crippen LogP contribution < -0.4 is 10.2 Å². The number of hydrogen-bond acceptors (Lipinski definition) is 4. The molecule has 1 saturated heterocycles. The summed E-state index contributed by atoms with van der Waals surface area (Å²) >= 11 is 0. The summed E-state index contributed by atoms with van der Waals surface area (Å²) in [6, 6.07) is 20.7. The Hall–Kier alpha value is -3.67. The number of aryl methyl sites for hydroxylation is 3. The first kappa shape index (κ1) is 22.1. The number of amides is 1. The molecule has 1 fully saturated rings. The number of fused-ring (bicyclic) bond motifs is 1. The lowest BCUT2D eigenvalue weighted by Crippen LogP contribution is -2.39. The molecule has 0 atom stereocenters. The number of rotatable bonds is 5. The fourth-order valence-electron chi connectivity index (χ4n) is 4.61. The molecule has 0 aliphatic carbocycles. The Balaban J connectivity index is 1.31. The zero-order valence-electron chi connectivity index (χ0n) is 20.1. The minimum absolute atomic E-state index is 0.0151. The minimum Gasteiger partial charge on any atom is -0.356 e. The predicted molar refractivity (Wildman–Crippen MR) is 137 cm³/mol. The molecule has 34 heavy (non-hydrogen) atoms. The van der Waals surface area contributed by atoms with Crippen LogP contribution in [-0.4, -0.2) is 33.6 Å². The molecular formula is C28H31N5O. The van der Waals surface area contributed by atoms with E-state index in [1.54, 1.807) is 0 Å². The van der Waals surface area contributed by atoms with Crippen molar-refractivity contribution >= 4 is 23.1 Å². The summed E-state index contributed by atoms with van der Waals surface area (Å²) in [6.07, 6.45) is 2.62. The first-order valence-electron chi connectivity index (χ1n) is 12.1. The average Bonchev–Trinajstić information content (AvgIpc) is 3.28. The van der Waals surface area contributed by atoms with Crippen molar-refractivity contribution < 1.29 is 4.79 Å². The molecule has 174 valence electrons. The second-order valence-electron chi connectivity index (χ2n) is 9.22. The highest BCUT2D eigenvalue weighted by Gasteiger charge is 2.27. The minimum atomic E-state index is 0.0151. The monoisotopic (exact) mass is 453 g/mol. The van der Waals surface area contributed by atoms with E-state index in [2.05, 4.69) is 66.5 Å². The quantitative estimate of drug-likeness (QED) is 0.438. The molecule has 0 bridgehead atoms. The van der Waals surface area contributed by atoms with Crippen molar-refractivity contribution in [1.82, 2.24) is 14.6 Å². The van der Waals surface area contributed by atoms with Crippen molar-refractivity contribution in [3.05, 3.63) is 77.5 Å². The van der Waals surface area contributed by atoms with Gasteiger partial charge in [-0.25, -0.2) is 4.98 Å². The van der Waals surface area contributed by atoms with E-state index < -0.39 is 0 Å². The van der Waals surface area contributed by atoms with Gasteiger partial charge < -0.3 is 10.2 Å². The van der Waals surface area contributed by atoms with Crippen LogP contribution in [0.1, 0.15) is 36.6 Å². The van der Waals surface area contributed by atoms with Gasteiger partial charge in [-0.2, -0.15) is 9.61 Å². The first-order chi connectivity index (χ1) is 16.5. The van der Waals surface area contributed by atoms with Crippen LogP contribution in [0.2, 0.25) is 0 Å². The van der Waals surface area contributed by atoms with Crippen molar-refractivity contribution in [1.29, 1.82) is 0 Å². The van der Waals surface area contributed by atoms with Gasteiger partial charge in [0.15, 0.2) is 5.65 Å². The number of carbonyl (C=O) groups excluding carboxylic acids is 1. The second-order valence-corrected chi connectivity index (χ2v) is 9.22. The van der Waals surface area contributed by atoms with Crippen LogP contribution in [0.25, 0.3) is 16.9 Å². The molecule has 0 unspecified atom stereocenters. The molecule has 0 radical (unpaired) electrons. The van der Waals surface area contributed by atoms with Gasteiger partial charge in [-0.3, -0.25) is 4.79 Å². The Bertz CT molecular complexity index is 1300. The molecule has 2 aromatic heterocycles. The number of hydrogen-bond donors (Lipinski definition) is 1. The molecule has 4 aromatic rings. The van der Waals surface area contributed by atoms with Crippen LogP contribution in [0, 0.1) is 19.8 Å². The number of carbonyl (C=O) groups is 1. The Labute approximate surface area is 200 Å². The normalized spacial score (nSPS) is 14.5. The number of nitrogens with zero attached hydrogens (tertiary/aromatic N) is 4. The third kappa shape index (κ3) is 4.53. The molecule has 1 amide bonds. The van der Waals surface area contributed by atoms with Crippen molar-refractivity contribution in [2.24, 2.45) is 5.92 Å². The molecule has 1 aliphatic heterocycles. The van der Waals surface area contributed by atoms with E-state index in [4.69, 9.17) is 10.1 Å². The van der Waals surface area contributed by atoms with Gasteiger partial charge in [0, 0.05) is 48.1 Å². The molecule has 1 aliphatic rings. The van der Waals surface area contributed by atoms with Crippen LogP contribution in [-0.2, 0) is 11.2 Å². The summed E-state index contributed by atoms with van der Waals surface area (Å²) in [7, 11) is 0. The molecule has 6 nitrogen and oxygen atoms in total. The smallest absolute Gasteiger partial charge is 0.227 e. The topological polar surface area (TPSA) is 62.5 Å². The van der Waals surface area contributed by atoms with Crippen LogP contribution in [0.3, 0.4) is 0 Å². The van der Waals surface area contributed by atoms with Crippen LogP contribution in [0.4, 0.5) is 11.5 Å². The largest absolute Gasteiger partial charge is 0.356 e. The van der Waals surface area contributed by atoms with E-state index in [1.165, 1.54) is 11.1 Å². The number of aromatic nitrogens is 3. The van der Waals surface area contributed by atoms with Gasteiger partial charge in [-0.05, 0) is 50.8 Å². The summed E-state index contributed by atoms with van der Waals surface area (Å²) in [5.41, 5.74) is 7.19. The van der Waals surface area contributed by atoms with Gasteiger partial charge in [0.05, 0.1) is 5.69 Å². The summed E-state index contributed by atoms with van der Waals surface area (Å²) in [5, 5.41) is 7.98. The van der Waals surface area contributed by atoms with E-state index in [-0.39, 0.29) is 11.8 Å². The maximum Gasteiger partial charge on any atom is 0.227 e. The molecule has 6 heteroatoms. The SMILES string of the molecule is CCc1ccc(NC(=O)C2CCN(c3cc(C)nc4cc(-c5ccc(C)cc5)nn34)CC2)cc1. The summed E-state index contributed by atoms with van der Waals surface area (Å²) < 4.78 is 1.94. The maximum atomic E-state index is 12.9. The Morgan fingerprint density at radius 2 is 1.71 bits per heavy atom. The third-order valence-electron chi connectivity index (χ3n) is 6.70. The highest BCUT2D eigenvalue weighted by molar-refractivity contribution is 5.92. The van der Waals surface area contributed by atoms with Crippen molar-refractivity contribution in [3.63, 3.8) is 0 Å². The first-order valence-corrected chi connectivity index (χ1v) is 12.1. The third-order valence-corrected chi connectivity index (χ3v) is 6.70. The van der Waals surface area contributed by atoms with Crippen LogP contribution in [0.15, 0.2) is 60.7 Å². The maximum absolute atomic E-state index is 12.9. The van der Waals surface area contributed by atoms with E-state index >= 15 is 0 Å². The molecular weight excluding hydrogens is 422 g/mol. The van der Waals surface area contributed by atoms with Gasteiger partial charge in [-0.1, -0.05) is 48.9 Å². The highest BCUT2D eigenvalue weighted by atomic mass is 16.1. The van der Waals surface area contributed by atoms with Gasteiger partial charge in [0.2, 0.25) is 5.91 Å². The van der Waals surface area contributed by atoms with Crippen molar-refractivity contribution in [2.45, 2.75) is 40.0 Å². The fourth-order valence-corrected chi connectivity index (χ4v) is 4.61. The Morgan fingerprint density at radius 3 is 2.38 bits per heavy atom. The van der Waals surface area contributed by atoms with E-state index in [0.717, 1.165) is 66.5 Å². The lowest BCUT2D eigenvalue weighted by Gasteiger charge is -2.33. The molecule has 1 N–H and O–H groups in total. The van der Waals surface area contributed by atoms with Gasteiger partial charge in [0.25, 0.3) is 0 Å². The van der Waals surface area contributed by atoms with Crippen molar-refractivity contribution in [2.75, 3.05) is 23.3 Å². The standard InChI is InChI=1S/C28H31N5O/c1-4-21-7-11-24(12-8-21)30-28(34)23-13-15-32(16-14-23)27-17-20(3)29-26-18-25(31-33(26)27)22-9-5-19(2)6-10-22/h5-12,17-18,23H,4,13-16H2,1-3H3,(H,30,34). The second kappa shape index (κ2) is 9.29. The van der Waals surface area contributed by atoms with Gasteiger partial charge in [-0.15, -0.1) is 0 Å². The van der Waals surface area contributed by atoms with Crippen LogP contribution in [0.5, 0.6) is 0 Å². The lowest BCUT2D eigenvalue weighted by atomic mass is 9.95. The van der Waals surface area contributed by atoms with Gasteiger partial charge >= 0.3 is 0 Å². The Kier molecular flexibility index (Phi) is 6.05. The summed E-state index contributed by atoms with van der Waals surface area (Å²) in [4.78, 5) is 19.9. The lowest BCUT2D eigenvalue weighted by molar-refractivity contribution is -0.120. The molecule has 0 spiro atoms. The molecule has 5 rings (SSSR count). The zero-order valence-corrected chi connectivity index (χ0v) is 20.1. The Morgan fingerprint density at radius 1 is 1.00 bits per heavy atom. The number of anilines is 2. The molecule has 3 heterocycles. The van der Waals surface area contributed by atoms with Crippen molar-refractivity contribution in [3.8, 4) is 11.3 Å². The average molecular weight is 454 g/mol.